The topological polar surface area (TPSA) is 53.8 Å². The van der Waals surface area contributed by atoms with Gasteiger partial charge < -0.3 is 14.2 Å². The third-order valence-corrected chi connectivity index (χ3v) is 6.38. The molecule has 4 rings (SSSR count). The van der Waals surface area contributed by atoms with Crippen molar-refractivity contribution in [1.82, 2.24) is 9.80 Å². The van der Waals surface area contributed by atoms with Crippen molar-refractivity contribution in [2.75, 3.05) is 19.6 Å². The van der Waals surface area contributed by atoms with Gasteiger partial charge in [0.25, 0.3) is 0 Å². The van der Waals surface area contributed by atoms with Gasteiger partial charge in [0.2, 0.25) is 11.8 Å². The number of piperidine rings is 1. The number of hydrogen-bond donors (Lipinski definition) is 0. The first kappa shape index (κ1) is 19.7. The number of likely N-dealkylation sites (tertiary alicyclic amines) is 2. The minimum absolute atomic E-state index is 0.0488. The van der Waals surface area contributed by atoms with E-state index in [0.29, 0.717) is 25.4 Å². The Hall–Kier alpha value is -2.56. The van der Waals surface area contributed by atoms with Crippen LogP contribution < -0.4 is 0 Å². The summed E-state index contributed by atoms with van der Waals surface area (Å²) in [5.74, 6) is 1.44. The molecule has 3 heterocycles. The van der Waals surface area contributed by atoms with Crippen molar-refractivity contribution in [2.45, 2.75) is 45.6 Å². The van der Waals surface area contributed by atoms with Crippen LogP contribution in [0.3, 0.4) is 0 Å². The fourth-order valence-corrected chi connectivity index (χ4v) is 4.51. The SMILES string of the molecule is Cc1ccc(CCC2CCN(C(=O)[C@@H]3CC(=O)N(Cc4ccco4)C3)CC2)cc1. The molecule has 154 valence electrons. The second kappa shape index (κ2) is 8.85. The highest BCUT2D eigenvalue weighted by Crippen LogP contribution is 2.27. The maximum Gasteiger partial charge on any atom is 0.227 e. The highest BCUT2D eigenvalue weighted by atomic mass is 16.3. The van der Waals surface area contributed by atoms with E-state index in [-0.39, 0.29) is 17.7 Å². The summed E-state index contributed by atoms with van der Waals surface area (Å²) in [6.07, 6.45) is 6.36. The monoisotopic (exact) mass is 394 g/mol. The van der Waals surface area contributed by atoms with Crippen LogP contribution in [0, 0.1) is 18.8 Å². The lowest BCUT2D eigenvalue weighted by molar-refractivity contribution is -0.137. The van der Waals surface area contributed by atoms with Crippen LogP contribution in [0.2, 0.25) is 0 Å². The zero-order chi connectivity index (χ0) is 20.2. The van der Waals surface area contributed by atoms with Crippen molar-refractivity contribution in [2.24, 2.45) is 11.8 Å². The van der Waals surface area contributed by atoms with Gasteiger partial charge in [-0.2, -0.15) is 0 Å². The number of hydrogen-bond acceptors (Lipinski definition) is 3. The van der Waals surface area contributed by atoms with Gasteiger partial charge in [-0.15, -0.1) is 0 Å². The van der Waals surface area contributed by atoms with Crippen molar-refractivity contribution in [3.63, 3.8) is 0 Å². The fourth-order valence-electron chi connectivity index (χ4n) is 4.51. The van der Waals surface area contributed by atoms with E-state index in [0.717, 1.165) is 38.1 Å². The predicted molar refractivity (Wildman–Crippen MR) is 111 cm³/mol. The van der Waals surface area contributed by atoms with E-state index in [9.17, 15) is 9.59 Å². The zero-order valence-corrected chi connectivity index (χ0v) is 17.2. The van der Waals surface area contributed by atoms with Gasteiger partial charge in [-0.05, 0) is 56.2 Å². The molecule has 0 saturated carbocycles. The van der Waals surface area contributed by atoms with Crippen molar-refractivity contribution >= 4 is 11.8 Å². The molecule has 29 heavy (non-hydrogen) atoms. The number of furan rings is 1. The largest absolute Gasteiger partial charge is 0.467 e. The third kappa shape index (κ3) is 4.89. The lowest BCUT2D eigenvalue weighted by Gasteiger charge is -2.33. The van der Waals surface area contributed by atoms with E-state index < -0.39 is 0 Å². The molecule has 0 bridgehead atoms. The predicted octanol–water partition coefficient (Wildman–Crippen LogP) is 3.81. The van der Waals surface area contributed by atoms with E-state index in [4.69, 9.17) is 4.42 Å². The average Bonchev–Trinajstić information content (AvgIpc) is 3.38. The van der Waals surface area contributed by atoms with Crippen LogP contribution in [0.5, 0.6) is 0 Å². The highest BCUT2D eigenvalue weighted by Gasteiger charge is 2.37. The van der Waals surface area contributed by atoms with E-state index in [1.54, 1.807) is 11.2 Å². The number of carbonyl (C=O) groups excluding carboxylic acids is 2. The van der Waals surface area contributed by atoms with Crippen molar-refractivity contribution in [1.29, 1.82) is 0 Å². The Labute approximate surface area is 172 Å². The first-order valence-electron chi connectivity index (χ1n) is 10.7. The van der Waals surface area contributed by atoms with Gasteiger partial charge in [0.15, 0.2) is 0 Å². The van der Waals surface area contributed by atoms with E-state index in [1.165, 1.54) is 17.5 Å². The minimum atomic E-state index is -0.207. The van der Waals surface area contributed by atoms with Gasteiger partial charge in [-0.1, -0.05) is 29.8 Å². The molecule has 0 N–H and O–H groups in total. The number of carbonyl (C=O) groups is 2. The summed E-state index contributed by atoms with van der Waals surface area (Å²) in [5, 5.41) is 0. The zero-order valence-electron chi connectivity index (χ0n) is 17.2. The molecule has 2 saturated heterocycles. The molecular weight excluding hydrogens is 364 g/mol. The van der Waals surface area contributed by atoms with Crippen LogP contribution in [-0.2, 0) is 22.6 Å². The Bertz CT molecular complexity index is 820. The van der Waals surface area contributed by atoms with Gasteiger partial charge in [-0.25, -0.2) is 0 Å². The van der Waals surface area contributed by atoms with Gasteiger partial charge in [0.1, 0.15) is 5.76 Å². The molecular formula is C24H30N2O3. The Morgan fingerprint density at radius 2 is 1.90 bits per heavy atom. The van der Waals surface area contributed by atoms with Crippen LogP contribution >= 0.6 is 0 Å². The lowest BCUT2D eigenvalue weighted by atomic mass is 9.90. The molecule has 2 aromatic rings. The maximum absolute atomic E-state index is 12.9. The molecule has 5 heteroatoms. The summed E-state index contributed by atoms with van der Waals surface area (Å²) >= 11 is 0. The van der Waals surface area contributed by atoms with Crippen molar-refractivity contribution in [3.8, 4) is 0 Å². The molecule has 0 radical (unpaired) electrons. The molecule has 1 aromatic heterocycles. The lowest BCUT2D eigenvalue weighted by Crippen LogP contribution is -2.42. The van der Waals surface area contributed by atoms with E-state index in [1.807, 2.05) is 17.0 Å². The number of aryl methyl sites for hydroxylation is 2. The minimum Gasteiger partial charge on any atom is -0.467 e. The second-order valence-corrected chi connectivity index (χ2v) is 8.55. The molecule has 5 nitrogen and oxygen atoms in total. The Kier molecular flexibility index (Phi) is 6.02. The van der Waals surface area contributed by atoms with Crippen LogP contribution in [0.25, 0.3) is 0 Å². The second-order valence-electron chi connectivity index (χ2n) is 8.55. The van der Waals surface area contributed by atoms with Gasteiger partial charge >= 0.3 is 0 Å². The molecule has 0 aliphatic carbocycles. The molecule has 0 spiro atoms. The van der Waals surface area contributed by atoms with Crippen molar-refractivity contribution in [3.05, 3.63) is 59.5 Å². The molecule has 2 amide bonds. The Balaban J connectivity index is 1.22. The van der Waals surface area contributed by atoms with Gasteiger partial charge in [-0.3, -0.25) is 9.59 Å². The first-order chi connectivity index (χ1) is 14.1. The quantitative estimate of drug-likeness (QED) is 0.749. The summed E-state index contributed by atoms with van der Waals surface area (Å²) < 4.78 is 5.34. The molecule has 1 aromatic carbocycles. The summed E-state index contributed by atoms with van der Waals surface area (Å²) in [6.45, 7) is 4.72. The van der Waals surface area contributed by atoms with Gasteiger partial charge in [0.05, 0.1) is 18.7 Å². The molecule has 1 atom stereocenters. The van der Waals surface area contributed by atoms with Crippen LogP contribution in [0.15, 0.2) is 47.1 Å². The molecule has 2 aliphatic heterocycles. The normalized spacial score (nSPS) is 20.4. The fraction of sp³-hybridized carbons (Fsp3) is 0.500. The number of nitrogens with zero attached hydrogens (tertiary/aromatic N) is 2. The Morgan fingerprint density at radius 1 is 1.14 bits per heavy atom. The summed E-state index contributed by atoms with van der Waals surface area (Å²) in [5.41, 5.74) is 2.70. The van der Waals surface area contributed by atoms with Crippen LogP contribution in [0.4, 0.5) is 0 Å². The molecule has 2 fully saturated rings. The van der Waals surface area contributed by atoms with Crippen LogP contribution in [0.1, 0.15) is 42.6 Å². The molecule has 0 unspecified atom stereocenters. The van der Waals surface area contributed by atoms with Gasteiger partial charge in [0, 0.05) is 26.1 Å². The maximum atomic E-state index is 12.9. The number of rotatable bonds is 6. The summed E-state index contributed by atoms with van der Waals surface area (Å²) in [4.78, 5) is 29.0. The third-order valence-electron chi connectivity index (χ3n) is 6.38. The highest BCUT2D eigenvalue weighted by molar-refractivity contribution is 5.89. The van der Waals surface area contributed by atoms with Crippen molar-refractivity contribution < 1.29 is 14.0 Å². The number of amides is 2. The summed E-state index contributed by atoms with van der Waals surface area (Å²) in [6, 6.07) is 12.5. The average molecular weight is 395 g/mol. The summed E-state index contributed by atoms with van der Waals surface area (Å²) in [7, 11) is 0. The van der Waals surface area contributed by atoms with Crippen LogP contribution in [-0.4, -0.2) is 41.2 Å². The standard InChI is InChI=1S/C24H30N2O3/c1-18-4-6-19(7-5-18)8-9-20-10-12-25(13-11-20)24(28)21-15-23(27)26(16-21)17-22-3-2-14-29-22/h2-7,14,20-21H,8-13,15-17H2,1H3/t21-/m1/s1. The smallest absolute Gasteiger partial charge is 0.227 e. The number of benzene rings is 1. The van der Waals surface area contributed by atoms with E-state index >= 15 is 0 Å². The first-order valence-corrected chi connectivity index (χ1v) is 10.7. The Morgan fingerprint density at radius 3 is 2.59 bits per heavy atom. The molecule has 2 aliphatic rings. The van der Waals surface area contributed by atoms with E-state index in [2.05, 4.69) is 31.2 Å².